The van der Waals surface area contributed by atoms with E-state index in [-0.39, 0.29) is 0 Å². The number of rotatable bonds is 3. The summed E-state index contributed by atoms with van der Waals surface area (Å²) >= 11 is 0. The Morgan fingerprint density at radius 2 is 2.00 bits per heavy atom. The lowest BCUT2D eigenvalue weighted by molar-refractivity contribution is 0.182. The summed E-state index contributed by atoms with van der Waals surface area (Å²) in [6.07, 6.45) is 1.13. The molecule has 1 aromatic rings. The van der Waals surface area contributed by atoms with E-state index in [1.165, 1.54) is 30.8 Å². The summed E-state index contributed by atoms with van der Waals surface area (Å²) in [7, 11) is 0. The monoisotopic (exact) mass is 258 g/mol. The third kappa shape index (κ3) is 2.32. The number of hydrogen-bond acceptors (Lipinski definition) is 2. The molecule has 2 saturated heterocycles. The first-order chi connectivity index (χ1) is 9.20. The second-order valence-corrected chi connectivity index (χ2v) is 6.29. The van der Waals surface area contributed by atoms with Crippen molar-refractivity contribution in [1.82, 2.24) is 10.2 Å². The number of fused-ring (bicyclic) bond motifs is 1. The summed E-state index contributed by atoms with van der Waals surface area (Å²) in [5, 5.41) is 3.54. The predicted octanol–water partition coefficient (Wildman–Crippen LogP) is 2.85. The maximum Gasteiger partial charge on any atom is 0.0322 e. The lowest BCUT2D eigenvalue weighted by Crippen LogP contribution is -2.35. The molecule has 104 valence electrons. The molecule has 0 aliphatic carbocycles. The molecule has 1 N–H and O–H groups in total. The summed E-state index contributed by atoms with van der Waals surface area (Å²) in [6, 6.07) is 10.5. The van der Waals surface area contributed by atoms with Gasteiger partial charge in [-0.25, -0.2) is 0 Å². The van der Waals surface area contributed by atoms with Crippen molar-refractivity contribution in [3.8, 4) is 0 Å². The molecular formula is C17H26N2. The highest BCUT2D eigenvalue weighted by molar-refractivity contribution is 5.25. The molecule has 3 rings (SSSR count). The van der Waals surface area contributed by atoms with E-state index < -0.39 is 0 Å². The Morgan fingerprint density at radius 3 is 2.63 bits per heavy atom. The highest BCUT2D eigenvalue weighted by Gasteiger charge is 2.43. The van der Waals surface area contributed by atoms with Crippen LogP contribution in [0.5, 0.6) is 0 Å². The van der Waals surface area contributed by atoms with Gasteiger partial charge in [0.2, 0.25) is 0 Å². The Labute approximate surface area is 117 Å². The number of aryl methyl sites for hydroxylation is 1. The molecule has 2 fully saturated rings. The zero-order valence-corrected chi connectivity index (χ0v) is 12.4. The highest BCUT2D eigenvalue weighted by Crippen LogP contribution is 2.37. The van der Waals surface area contributed by atoms with Crippen LogP contribution in [0, 0.1) is 11.8 Å². The van der Waals surface area contributed by atoms with Gasteiger partial charge in [-0.3, -0.25) is 4.90 Å². The van der Waals surface area contributed by atoms with Gasteiger partial charge in [0.25, 0.3) is 0 Å². The van der Waals surface area contributed by atoms with E-state index in [1.807, 2.05) is 0 Å². The minimum atomic E-state index is 0.548. The van der Waals surface area contributed by atoms with Gasteiger partial charge in [0.15, 0.2) is 0 Å². The summed E-state index contributed by atoms with van der Waals surface area (Å²) in [4.78, 5) is 2.71. The Bertz CT molecular complexity index is 425. The maximum absolute atomic E-state index is 3.54. The first kappa shape index (κ1) is 13.1. The average Bonchev–Trinajstić information content (AvgIpc) is 3.02. The van der Waals surface area contributed by atoms with E-state index in [2.05, 4.69) is 55.3 Å². The minimum Gasteiger partial charge on any atom is -0.316 e. The molecule has 4 unspecified atom stereocenters. The molecule has 2 aliphatic heterocycles. The molecule has 0 spiro atoms. The first-order valence-electron chi connectivity index (χ1n) is 7.76. The quantitative estimate of drug-likeness (QED) is 0.897. The number of benzene rings is 1. The Hall–Kier alpha value is -0.860. The standard InChI is InChI=1S/C17H26N2/c1-4-14-5-7-15(8-6-14)12(2)19-11-16-9-18-10-17(16)13(19)3/h5-8,12-13,16-18H,4,9-11H2,1-3H3. The van der Waals surface area contributed by atoms with Crippen LogP contribution in [-0.4, -0.2) is 30.6 Å². The number of hydrogen-bond donors (Lipinski definition) is 1. The molecule has 19 heavy (non-hydrogen) atoms. The topological polar surface area (TPSA) is 15.3 Å². The molecule has 2 heterocycles. The van der Waals surface area contributed by atoms with E-state index in [4.69, 9.17) is 0 Å². The predicted molar refractivity (Wildman–Crippen MR) is 80.3 cm³/mol. The molecule has 2 heteroatoms. The summed E-state index contributed by atoms with van der Waals surface area (Å²) in [5.41, 5.74) is 2.91. The van der Waals surface area contributed by atoms with Gasteiger partial charge < -0.3 is 5.32 Å². The van der Waals surface area contributed by atoms with E-state index in [1.54, 1.807) is 0 Å². The molecule has 0 saturated carbocycles. The van der Waals surface area contributed by atoms with E-state index in [0.29, 0.717) is 12.1 Å². The zero-order chi connectivity index (χ0) is 13.4. The molecule has 1 aromatic carbocycles. The minimum absolute atomic E-state index is 0.548. The van der Waals surface area contributed by atoms with Crippen LogP contribution in [0.25, 0.3) is 0 Å². The Morgan fingerprint density at radius 1 is 1.26 bits per heavy atom. The van der Waals surface area contributed by atoms with Crippen molar-refractivity contribution in [1.29, 1.82) is 0 Å². The van der Waals surface area contributed by atoms with Gasteiger partial charge in [0.05, 0.1) is 0 Å². The van der Waals surface area contributed by atoms with Crippen LogP contribution in [0.2, 0.25) is 0 Å². The van der Waals surface area contributed by atoms with E-state index >= 15 is 0 Å². The van der Waals surface area contributed by atoms with Crippen molar-refractivity contribution in [3.63, 3.8) is 0 Å². The molecule has 0 aromatic heterocycles. The van der Waals surface area contributed by atoms with Crippen LogP contribution >= 0.6 is 0 Å². The average molecular weight is 258 g/mol. The number of nitrogens with zero attached hydrogens (tertiary/aromatic N) is 1. The van der Waals surface area contributed by atoms with Crippen molar-refractivity contribution >= 4 is 0 Å². The fraction of sp³-hybridized carbons (Fsp3) is 0.647. The third-order valence-corrected chi connectivity index (χ3v) is 5.35. The van der Waals surface area contributed by atoms with Gasteiger partial charge in [-0.05, 0) is 56.3 Å². The second kappa shape index (κ2) is 5.26. The number of nitrogens with one attached hydrogen (secondary N) is 1. The third-order valence-electron chi connectivity index (χ3n) is 5.35. The fourth-order valence-corrected chi connectivity index (χ4v) is 3.93. The van der Waals surface area contributed by atoms with Crippen LogP contribution in [0.1, 0.15) is 37.9 Å². The van der Waals surface area contributed by atoms with Crippen molar-refractivity contribution in [2.75, 3.05) is 19.6 Å². The van der Waals surface area contributed by atoms with Gasteiger partial charge in [-0.1, -0.05) is 31.2 Å². The van der Waals surface area contributed by atoms with E-state index in [0.717, 1.165) is 18.3 Å². The van der Waals surface area contributed by atoms with Crippen molar-refractivity contribution in [3.05, 3.63) is 35.4 Å². The molecule has 0 amide bonds. The molecule has 4 atom stereocenters. The summed E-state index contributed by atoms with van der Waals surface area (Å²) < 4.78 is 0. The Kier molecular flexibility index (Phi) is 3.64. The van der Waals surface area contributed by atoms with Gasteiger partial charge in [-0.2, -0.15) is 0 Å². The van der Waals surface area contributed by atoms with Crippen LogP contribution in [-0.2, 0) is 6.42 Å². The Balaban J connectivity index is 1.74. The first-order valence-corrected chi connectivity index (χ1v) is 7.76. The van der Waals surface area contributed by atoms with E-state index in [9.17, 15) is 0 Å². The molecule has 2 nitrogen and oxygen atoms in total. The normalized spacial score (nSPS) is 32.5. The van der Waals surface area contributed by atoms with Crippen LogP contribution < -0.4 is 5.32 Å². The molecule has 0 radical (unpaired) electrons. The van der Waals surface area contributed by atoms with Gasteiger partial charge in [0, 0.05) is 18.6 Å². The van der Waals surface area contributed by atoms with Crippen LogP contribution in [0.4, 0.5) is 0 Å². The lowest BCUT2D eigenvalue weighted by atomic mass is 9.95. The van der Waals surface area contributed by atoms with Gasteiger partial charge in [-0.15, -0.1) is 0 Å². The maximum atomic E-state index is 3.54. The van der Waals surface area contributed by atoms with Crippen molar-refractivity contribution in [2.24, 2.45) is 11.8 Å². The number of likely N-dealkylation sites (tertiary alicyclic amines) is 1. The van der Waals surface area contributed by atoms with Crippen molar-refractivity contribution in [2.45, 2.75) is 39.3 Å². The highest BCUT2D eigenvalue weighted by atomic mass is 15.2. The molecular weight excluding hydrogens is 232 g/mol. The van der Waals surface area contributed by atoms with Crippen molar-refractivity contribution < 1.29 is 0 Å². The fourth-order valence-electron chi connectivity index (χ4n) is 3.93. The summed E-state index contributed by atoms with van der Waals surface area (Å²) in [6.45, 7) is 10.7. The van der Waals surface area contributed by atoms with Crippen LogP contribution in [0.3, 0.4) is 0 Å². The summed E-state index contributed by atoms with van der Waals surface area (Å²) in [5.74, 6) is 1.73. The molecule has 2 aliphatic rings. The van der Waals surface area contributed by atoms with Crippen LogP contribution in [0.15, 0.2) is 24.3 Å². The van der Waals surface area contributed by atoms with Gasteiger partial charge >= 0.3 is 0 Å². The van der Waals surface area contributed by atoms with Gasteiger partial charge in [0.1, 0.15) is 0 Å². The second-order valence-electron chi connectivity index (χ2n) is 6.29. The molecule has 0 bridgehead atoms. The smallest absolute Gasteiger partial charge is 0.0322 e. The largest absolute Gasteiger partial charge is 0.316 e. The SMILES string of the molecule is CCc1ccc(C(C)N2CC3CNCC3C2C)cc1. The zero-order valence-electron chi connectivity index (χ0n) is 12.4. The lowest BCUT2D eigenvalue weighted by Gasteiger charge is -2.31.